The second kappa shape index (κ2) is 12.1. The fraction of sp³-hybridized carbons (Fsp3) is 0.588. The van der Waals surface area contributed by atoms with Crippen LogP contribution in [0.4, 0.5) is 8.39 Å². The lowest BCUT2D eigenvalue weighted by atomic mass is 9.99. The lowest BCUT2D eigenvalue weighted by molar-refractivity contribution is 0.0276. The van der Waals surface area contributed by atoms with Crippen LogP contribution >= 0.6 is 67.9 Å². The molecule has 1 aromatic rings. The van der Waals surface area contributed by atoms with Crippen LogP contribution in [-0.4, -0.2) is 30.8 Å². The minimum absolute atomic E-state index is 0.224. The minimum atomic E-state index is -2.01. The molecule has 0 amide bonds. The van der Waals surface area contributed by atoms with Gasteiger partial charge in [-0.15, -0.1) is 0 Å². The Balaban J connectivity index is 3.13. The quantitative estimate of drug-likeness (QED) is 0.0775. The SMILES string of the molecule is COSCCCOc1cc(C(=O)OC(C)(C)P(F)I)cc(C(C)(C)P(F)I)c1. The normalized spacial score (nSPS) is 14.5. The lowest BCUT2D eigenvalue weighted by Gasteiger charge is -2.27. The number of carbonyl (C=O) groups excluding carboxylic acids is 1. The van der Waals surface area contributed by atoms with E-state index >= 15 is 0 Å². The van der Waals surface area contributed by atoms with Crippen molar-refractivity contribution in [3.63, 3.8) is 0 Å². The number of halogens is 4. The highest BCUT2D eigenvalue weighted by molar-refractivity contribution is 14.2. The molecule has 0 aliphatic carbocycles. The summed E-state index contributed by atoms with van der Waals surface area (Å²) in [6.45, 7) is 7.06. The molecular weight excluding hydrogens is 654 g/mol. The highest BCUT2D eigenvalue weighted by Gasteiger charge is 2.35. The Morgan fingerprint density at radius 1 is 1.14 bits per heavy atom. The molecule has 2 unspecified atom stereocenters. The van der Waals surface area contributed by atoms with Gasteiger partial charge in [0.1, 0.15) is 5.75 Å². The zero-order chi connectivity index (χ0) is 21.5. The Morgan fingerprint density at radius 2 is 1.79 bits per heavy atom. The van der Waals surface area contributed by atoms with Gasteiger partial charge in [0, 0.05) is 10.9 Å². The van der Waals surface area contributed by atoms with E-state index in [0.717, 1.165) is 12.2 Å². The fourth-order valence-corrected chi connectivity index (χ4v) is 3.97. The van der Waals surface area contributed by atoms with Gasteiger partial charge in [-0.05, 0) is 114 Å². The van der Waals surface area contributed by atoms with E-state index in [0.29, 0.717) is 17.9 Å². The van der Waals surface area contributed by atoms with Crippen molar-refractivity contribution in [1.29, 1.82) is 0 Å². The molecule has 0 aliphatic heterocycles. The fourth-order valence-electron chi connectivity index (χ4n) is 1.96. The summed E-state index contributed by atoms with van der Waals surface area (Å²) in [5, 5.41) is -1.99. The summed E-state index contributed by atoms with van der Waals surface area (Å²) in [5.41, 5.74) is 0.863. The summed E-state index contributed by atoms with van der Waals surface area (Å²) in [4.78, 5) is 12.6. The molecule has 0 radical (unpaired) electrons. The van der Waals surface area contributed by atoms with E-state index in [4.69, 9.17) is 13.7 Å². The van der Waals surface area contributed by atoms with E-state index in [1.807, 2.05) is 0 Å². The van der Waals surface area contributed by atoms with Crippen molar-refractivity contribution in [1.82, 2.24) is 0 Å². The average Bonchev–Trinajstić information content (AvgIpc) is 2.60. The van der Waals surface area contributed by atoms with Crippen LogP contribution in [-0.2, 0) is 14.1 Å². The molecule has 28 heavy (non-hydrogen) atoms. The first-order valence-electron chi connectivity index (χ1n) is 8.32. The molecule has 0 spiro atoms. The zero-order valence-electron chi connectivity index (χ0n) is 16.3. The highest BCUT2D eigenvalue weighted by atomic mass is 127. The summed E-state index contributed by atoms with van der Waals surface area (Å²) < 4.78 is 44.1. The lowest BCUT2D eigenvalue weighted by Crippen LogP contribution is -2.24. The Morgan fingerprint density at radius 3 is 2.32 bits per heavy atom. The number of benzene rings is 1. The number of esters is 1. The molecule has 0 heterocycles. The third-order valence-corrected chi connectivity index (χ3v) is 13.6. The van der Waals surface area contributed by atoms with Gasteiger partial charge in [0.15, 0.2) is 17.1 Å². The van der Waals surface area contributed by atoms with Crippen LogP contribution in [0.5, 0.6) is 5.75 Å². The van der Waals surface area contributed by atoms with E-state index in [-0.39, 0.29) is 5.56 Å². The van der Waals surface area contributed by atoms with Crippen LogP contribution in [0.1, 0.15) is 50.0 Å². The first-order valence-corrected chi connectivity index (χ1v) is 17.3. The van der Waals surface area contributed by atoms with E-state index in [1.54, 1.807) is 83.2 Å². The van der Waals surface area contributed by atoms with E-state index < -0.39 is 28.2 Å². The molecule has 1 aromatic carbocycles. The highest BCUT2D eigenvalue weighted by Crippen LogP contribution is 2.63. The smallest absolute Gasteiger partial charge is 0.339 e. The van der Waals surface area contributed by atoms with Gasteiger partial charge in [-0.1, -0.05) is 0 Å². The average molecular weight is 678 g/mol. The predicted molar refractivity (Wildman–Crippen MR) is 133 cm³/mol. The molecule has 0 N–H and O–H groups in total. The maximum absolute atomic E-state index is 14.2. The zero-order valence-corrected chi connectivity index (χ0v) is 23.2. The molecule has 0 saturated carbocycles. The van der Waals surface area contributed by atoms with Gasteiger partial charge in [0.2, 0.25) is 0 Å². The Labute approximate surface area is 198 Å². The first kappa shape index (κ1) is 27.0. The van der Waals surface area contributed by atoms with Crippen molar-refractivity contribution in [2.45, 2.75) is 44.6 Å². The summed E-state index contributed by atoms with van der Waals surface area (Å²) in [7, 11) is 1.61. The summed E-state index contributed by atoms with van der Waals surface area (Å²) in [6, 6.07) is 4.91. The maximum Gasteiger partial charge on any atom is 0.339 e. The number of ether oxygens (including phenoxy) is 2. The Hall–Kier alpha value is 0.980. The van der Waals surface area contributed by atoms with Crippen LogP contribution in [0.2, 0.25) is 0 Å². The first-order chi connectivity index (χ1) is 12.9. The molecule has 0 bridgehead atoms. The van der Waals surface area contributed by atoms with E-state index in [1.165, 1.54) is 25.9 Å². The molecule has 160 valence electrons. The number of carbonyl (C=O) groups is 1. The molecule has 0 aliphatic rings. The molecule has 4 nitrogen and oxygen atoms in total. The van der Waals surface area contributed by atoms with Gasteiger partial charge in [-0.3, -0.25) is 0 Å². The third-order valence-electron chi connectivity index (χ3n) is 3.78. The minimum Gasteiger partial charge on any atom is -0.494 e. The molecule has 0 saturated heterocycles. The van der Waals surface area contributed by atoms with Crippen LogP contribution < -0.4 is 4.74 Å². The van der Waals surface area contributed by atoms with Crippen molar-refractivity contribution in [2.24, 2.45) is 0 Å². The Kier molecular flexibility index (Phi) is 11.7. The second-order valence-corrected chi connectivity index (χ2v) is 16.0. The second-order valence-electron chi connectivity index (χ2n) is 6.80. The predicted octanol–water partition coefficient (Wildman–Crippen LogP) is 8.31. The van der Waals surface area contributed by atoms with Gasteiger partial charge in [-0.25, -0.2) is 13.2 Å². The van der Waals surface area contributed by atoms with Crippen LogP contribution in [0.3, 0.4) is 0 Å². The number of hydrogen-bond donors (Lipinski definition) is 0. The van der Waals surface area contributed by atoms with Gasteiger partial charge in [0.25, 0.3) is 0 Å². The van der Waals surface area contributed by atoms with Crippen molar-refractivity contribution in [2.75, 3.05) is 19.5 Å². The number of rotatable bonds is 11. The van der Waals surface area contributed by atoms with Crippen LogP contribution in [0, 0.1) is 0 Å². The maximum atomic E-state index is 14.2. The van der Waals surface area contributed by atoms with E-state index in [9.17, 15) is 13.2 Å². The van der Waals surface area contributed by atoms with Crippen molar-refractivity contribution < 1.29 is 26.8 Å². The molecule has 11 heteroatoms. The van der Waals surface area contributed by atoms with Gasteiger partial charge >= 0.3 is 5.97 Å². The summed E-state index contributed by atoms with van der Waals surface area (Å²) in [6.07, 6.45) is 0.752. The molecule has 0 fully saturated rings. The third kappa shape index (κ3) is 8.25. The van der Waals surface area contributed by atoms with Crippen molar-refractivity contribution in [3.8, 4) is 5.75 Å². The molecule has 0 aromatic heterocycles. The van der Waals surface area contributed by atoms with Crippen LogP contribution in [0.15, 0.2) is 18.2 Å². The van der Waals surface area contributed by atoms with Gasteiger partial charge < -0.3 is 13.7 Å². The summed E-state index contributed by atoms with van der Waals surface area (Å²) in [5.74, 6) is -3.27. The monoisotopic (exact) mass is 678 g/mol. The van der Waals surface area contributed by atoms with Crippen LogP contribution in [0.25, 0.3) is 0 Å². The number of hydrogen-bond acceptors (Lipinski definition) is 5. The summed E-state index contributed by atoms with van der Waals surface area (Å²) >= 11 is 4.75. The van der Waals surface area contributed by atoms with Crippen molar-refractivity contribution >= 4 is 73.8 Å². The molecule has 1 rings (SSSR count). The Bertz CT molecular complexity index is 664. The molecular formula is C17H24F2I2O4P2S. The van der Waals surface area contributed by atoms with Gasteiger partial charge in [0.05, 0.1) is 19.3 Å². The topological polar surface area (TPSA) is 44.8 Å². The standard InChI is InChI=1S/C17H24F2I2O4P2S/c1-16(2,26(18)20)13-9-12(15(22)25-17(3,4)27(19)21)10-14(11-13)24-7-6-8-28-23-5/h9-11H,6-8H2,1-5H3. The van der Waals surface area contributed by atoms with E-state index in [2.05, 4.69) is 0 Å². The molecule has 2 atom stereocenters. The van der Waals surface area contributed by atoms with Crippen molar-refractivity contribution in [3.05, 3.63) is 29.3 Å². The largest absolute Gasteiger partial charge is 0.494 e. The van der Waals surface area contributed by atoms with Gasteiger partial charge in [-0.2, -0.15) is 0 Å².